The molecule has 0 unspecified atom stereocenters. The third-order valence-corrected chi connectivity index (χ3v) is 3.36. The van der Waals surface area contributed by atoms with Crippen molar-refractivity contribution in [3.05, 3.63) is 27.7 Å². The van der Waals surface area contributed by atoms with Gasteiger partial charge in [-0.15, -0.1) is 0 Å². The van der Waals surface area contributed by atoms with Gasteiger partial charge < -0.3 is 15.6 Å². The smallest absolute Gasteiger partial charge is 0.339 e. The lowest BCUT2D eigenvalue weighted by Crippen LogP contribution is -2.08. The average Bonchev–Trinajstić information content (AvgIpc) is 2.37. The van der Waals surface area contributed by atoms with Gasteiger partial charge in [0.15, 0.2) is 0 Å². The number of hydrogen-bond donors (Lipinski definition) is 2. The summed E-state index contributed by atoms with van der Waals surface area (Å²) in [7, 11) is 0. The summed E-state index contributed by atoms with van der Waals surface area (Å²) in [4.78, 5) is 11.8. The molecule has 1 aromatic carbocycles. The number of esters is 1. The van der Waals surface area contributed by atoms with Gasteiger partial charge in [-0.2, -0.15) is 0 Å². The van der Waals surface area contributed by atoms with E-state index >= 15 is 0 Å². The molecule has 0 heterocycles. The Labute approximate surface area is 122 Å². The molecule has 0 bridgehead atoms. The first-order chi connectivity index (χ1) is 9.06. The summed E-state index contributed by atoms with van der Waals surface area (Å²) in [5, 5.41) is 9.00. The number of unbranched alkanes of at least 4 members (excludes halogenated alkanes) is 3. The first kappa shape index (κ1) is 16.1. The van der Waals surface area contributed by atoms with Crippen LogP contribution < -0.4 is 5.73 Å². The van der Waals surface area contributed by atoms with Gasteiger partial charge in [-0.1, -0.05) is 29.6 Å². The molecule has 0 aliphatic carbocycles. The van der Waals surface area contributed by atoms with Crippen molar-refractivity contribution in [2.24, 2.45) is 0 Å². The lowest BCUT2D eigenvalue weighted by molar-refractivity contribution is 0.0497. The Morgan fingerprint density at radius 2 is 1.89 bits per heavy atom. The van der Waals surface area contributed by atoms with E-state index in [2.05, 4.69) is 0 Å². The molecule has 1 rings (SSSR count). The fourth-order valence-electron chi connectivity index (χ4n) is 1.57. The Bertz CT molecular complexity index is 438. The molecule has 0 amide bonds. The van der Waals surface area contributed by atoms with Crippen LogP contribution in [0.15, 0.2) is 12.1 Å². The zero-order chi connectivity index (χ0) is 14.3. The quantitative estimate of drug-likeness (QED) is 0.460. The van der Waals surface area contributed by atoms with Crippen molar-refractivity contribution in [3.8, 4) is 0 Å². The molecule has 106 valence electrons. The number of benzene rings is 1. The minimum absolute atomic E-state index is 0.154. The maximum Gasteiger partial charge on any atom is 0.339 e. The summed E-state index contributed by atoms with van der Waals surface area (Å²) in [6.07, 6.45) is 3.34. The zero-order valence-electron chi connectivity index (χ0n) is 10.5. The number of nitrogens with two attached hydrogens (primary N) is 1. The van der Waals surface area contributed by atoms with Gasteiger partial charge in [0.2, 0.25) is 0 Å². The van der Waals surface area contributed by atoms with Gasteiger partial charge in [0.1, 0.15) is 0 Å². The van der Waals surface area contributed by atoms with Crippen LogP contribution in [-0.4, -0.2) is 24.3 Å². The van der Waals surface area contributed by atoms with Crippen LogP contribution in [0.1, 0.15) is 36.0 Å². The van der Waals surface area contributed by atoms with E-state index in [4.69, 9.17) is 38.8 Å². The van der Waals surface area contributed by atoms with Gasteiger partial charge in [0, 0.05) is 12.3 Å². The Hall–Kier alpha value is -0.970. The number of nitrogen functional groups attached to an aromatic ring is 1. The standard InChI is InChI=1S/C13H17Cl2NO3/c14-11-8-9(16)7-10(12(11)15)13(18)19-6-4-2-1-3-5-17/h7-8,17H,1-6,16H2. The Morgan fingerprint density at radius 1 is 1.21 bits per heavy atom. The van der Waals surface area contributed by atoms with Gasteiger partial charge in [-0.25, -0.2) is 4.79 Å². The van der Waals surface area contributed by atoms with Crippen LogP contribution >= 0.6 is 23.2 Å². The molecule has 0 aromatic heterocycles. The maximum atomic E-state index is 11.8. The van der Waals surface area contributed by atoms with E-state index < -0.39 is 5.97 Å². The highest BCUT2D eigenvalue weighted by Crippen LogP contribution is 2.29. The number of aliphatic hydroxyl groups is 1. The van der Waals surface area contributed by atoms with Crippen molar-refractivity contribution in [3.63, 3.8) is 0 Å². The molecule has 19 heavy (non-hydrogen) atoms. The van der Waals surface area contributed by atoms with Gasteiger partial charge in [0.05, 0.1) is 22.2 Å². The lowest BCUT2D eigenvalue weighted by Gasteiger charge is -2.08. The molecule has 1 aromatic rings. The fourth-order valence-corrected chi connectivity index (χ4v) is 1.98. The minimum Gasteiger partial charge on any atom is -0.462 e. The first-order valence-corrected chi connectivity index (χ1v) is 6.84. The normalized spacial score (nSPS) is 10.5. The Kier molecular flexibility index (Phi) is 6.99. The maximum absolute atomic E-state index is 11.8. The molecule has 0 fully saturated rings. The molecule has 0 radical (unpaired) electrons. The number of halogens is 2. The molecule has 0 saturated heterocycles. The van der Waals surface area contributed by atoms with Gasteiger partial charge >= 0.3 is 5.97 Å². The van der Waals surface area contributed by atoms with Crippen LogP contribution in [0.2, 0.25) is 10.0 Å². The van der Waals surface area contributed by atoms with Crippen molar-refractivity contribution in [1.29, 1.82) is 0 Å². The van der Waals surface area contributed by atoms with Crippen LogP contribution in [0.3, 0.4) is 0 Å². The summed E-state index contributed by atoms with van der Waals surface area (Å²) in [6, 6.07) is 2.93. The van der Waals surface area contributed by atoms with E-state index in [0.29, 0.717) is 12.3 Å². The van der Waals surface area contributed by atoms with E-state index in [1.807, 2.05) is 0 Å². The predicted molar refractivity (Wildman–Crippen MR) is 76.7 cm³/mol. The molecule has 0 spiro atoms. The second-order valence-electron chi connectivity index (χ2n) is 4.14. The first-order valence-electron chi connectivity index (χ1n) is 6.08. The monoisotopic (exact) mass is 305 g/mol. The molecule has 4 nitrogen and oxygen atoms in total. The average molecular weight is 306 g/mol. The summed E-state index contributed by atoms with van der Waals surface area (Å²) >= 11 is 11.8. The number of hydrogen-bond acceptors (Lipinski definition) is 4. The number of anilines is 1. The molecule has 6 heteroatoms. The van der Waals surface area contributed by atoms with Crippen LogP contribution in [0.25, 0.3) is 0 Å². The number of ether oxygens (including phenoxy) is 1. The molecular weight excluding hydrogens is 289 g/mol. The SMILES string of the molecule is Nc1cc(Cl)c(Cl)c(C(=O)OCCCCCCO)c1. The van der Waals surface area contributed by atoms with Crippen molar-refractivity contribution in [2.75, 3.05) is 18.9 Å². The largest absolute Gasteiger partial charge is 0.462 e. The fraction of sp³-hybridized carbons (Fsp3) is 0.462. The predicted octanol–water partition coefficient (Wildman–Crippen LogP) is 3.29. The van der Waals surface area contributed by atoms with E-state index in [1.165, 1.54) is 12.1 Å². The van der Waals surface area contributed by atoms with Crippen LogP contribution in [0.4, 0.5) is 5.69 Å². The minimum atomic E-state index is -0.527. The zero-order valence-corrected chi connectivity index (χ0v) is 12.0. The summed E-state index contributed by atoms with van der Waals surface area (Å²) in [6.45, 7) is 0.504. The van der Waals surface area contributed by atoms with Crippen molar-refractivity contribution in [1.82, 2.24) is 0 Å². The summed E-state index contributed by atoms with van der Waals surface area (Å²) < 4.78 is 5.10. The van der Waals surface area contributed by atoms with Gasteiger partial charge in [0.25, 0.3) is 0 Å². The Morgan fingerprint density at radius 3 is 2.58 bits per heavy atom. The van der Waals surface area contributed by atoms with Gasteiger partial charge in [-0.3, -0.25) is 0 Å². The second kappa shape index (κ2) is 8.25. The molecule has 0 aliphatic rings. The molecule has 0 atom stereocenters. The summed E-state index contributed by atoms with van der Waals surface area (Å²) in [5.41, 5.74) is 6.15. The third kappa shape index (κ3) is 5.27. The van der Waals surface area contributed by atoms with Crippen molar-refractivity contribution < 1.29 is 14.6 Å². The molecule has 3 N–H and O–H groups in total. The van der Waals surface area contributed by atoms with Crippen molar-refractivity contribution >= 4 is 34.9 Å². The molecule has 0 aliphatic heterocycles. The van der Waals surface area contributed by atoms with E-state index in [-0.39, 0.29) is 22.2 Å². The van der Waals surface area contributed by atoms with E-state index in [1.54, 1.807) is 0 Å². The highest BCUT2D eigenvalue weighted by molar-refractivity contribution is 6.44. The second-order valence-corrected chi connectivity index (χ2v) is 4.92. The Balaban J connectivity index is 2.46. The molecule has 0 saturated carbocycles. The van der Waals surface area contributed by atoms with Gasteiger partial charge in [-0.05, 0) is 31.4 Å². The van der Waals surface area contributed by atoms with E-state index in [9.17, 15) is 4.79 Å². The van der Waals surface area contributed by atoms with Crippen LogP contribution in [0.5, 0.6) is 0 Å². The number of carbonyl (C=O) groups excluding carboxylic acids is 1. The van der Waals surface area contributed by atoms with E-state index in [0.717, 1.165) is 25.7 Å². The summed E-state index contributed by atoms with van der Waals surface area (Å²) in [5.74, 6) is -0.527. The number of aliphatic hydroxyl groups excluding tert-OH is 1. The van der Waals surface area contributed by atoms with Crippen LogP contribution in [-0.2, 0) is 4.74 Å². The number of carbonyl (C=O) groups is 1. The van der Waals surface area contributed by atoms with Crippen molar-refractivity contribution in [2.45, 2.75) is 25.7 Å². The molecular formula is C13H17Cl2NO3. The highest BCUT2D eigenvalue weighted by Gasteiger charge is 2.15. The van der Waals surface area contributed by atoms with Crippen LogP contribution in [0, 0.1) is 0 Å². The topological polar surface area (TPSA) is 72.6 Å². The number of rotatable bonds is 7. The third-order valence-electron chi connectivity index (χ3n) is 2.56. The lowest BCUT2D eigenvalue weighted by atomic mass is 10.2. The highest BCUT2D eigenvalue weighted by atomic mass is 35.5.